The van der Waals surface area contributed by atoms with E-state index in [0.717, 1.165) is 17.1 Å². The number of halogens is 1. The SMILES string of the molecule is CNCc1[nH]c(-c2ccccc2)nc1Cl. The van der Waals surface area contributed by atoms with Crippen LogP contribution in [0.2, 0.25) is 5.15 Å². The minimum atomic E-state index is 0.531. The summed E-state index contributed by atoms with van der Waals surface area (Å²) in [6, 6.07) is 9.92. The van der Waals surface area contributed by atoms with Crippen LogP contribution in [-0.2, 0) is 6.54 Å². The summed E-state index contributed by atoms with van der Waals surface area (Å²) in [4.78, 5) is 7.46. The van der Waals surface area contributed by atoms with Crippen LogP contribution in [0.1, 0.15) is 5.69 Å². The summed E-state index contributed by atoms with van der Waals surface area (Å²) in [5.41, 5.74) is 1.96. The number of imidazole rings is 1. The van der Waals surface area contributed by atoms with Gasteiger partial charge in [0.25, 0.3) is 0 Å². The highest BCUT2D eigenvalue weighted by atomic mass is 35.5. The first-order valence-corrected chi connectivity index (χ1v) is 5.13. The minimum absolute atomic E-state index is 0.531. The van der Waals surface area contributed by atoms with Crippen LogP contribution in [0.3, 0.4) is 0 Å². The number of aromatic nitrogens is 2. The molecule has 1 aromatic heterocycles. The molecule has 0 aliphatic heterocycles. The fraction of sp³-hybridized carbons (Fsp3) is 0.182. The first kappa shape index (κ1) is 10.2. The lowest BCUT2D eigenvalue weighted by molar-refractivity contribution is 0.798. The van der Waals surface area contributed by atoms with E-state index < -0.39 is 0 Å². The second kappa shape index (κ2) is 4.47. The van der Waals surface area contributed by atoms with Gasteiger partial charge in [0, 0.05) is 12.1 Å². The van der Waals surface area contributed by atoms with Gasteiger partial charge < -0.3 is 10.3 Å². The van der Waals surface area contributed by atoms with Crippen molar-refractivity contribution in [1.29, 1.82) is 0 Å². The lowest BCUT2D eigenvalue weighted by Crippen LogP contribution is -2.05. The number of hydrogen-bond acceptors (Lipinski definition) is 2. The molecule has 1 heterocycles. The zero-order valence-electron chi connectivity index (χ0n) is 8.42. The van der Waals surface area contributed by atoms with E-state index in [1.54, 1.807) is 0 Å². The fourth-order valence-corrected chi connectivity index (χ4v) is 1.61. The molecular formula is C11H12ClN3. The summed E-state index contributed by atoms with van der Waals surface area (Å²) in [5.74, 6) is 0.811. The topological polar surface area (TPSA) is 40.7 Å². The van der Waals surface area contributed by atoms with Crippen molar-refractivity contribution in [2.24, 2.45) is 0 Å². The van der Waals surface area contributed by atoms with E-state index in [2.05, 4.69) is 15.3 Å². The number of nitrogens with zero attached hydrogens (tertiary/aromatic N) is 1. The highest BCUT2D eigenvalue weighted by Gasteiger charge is 2.08. The van der Waals surface area contributed by atoms with Gasteiger partial charge in [-0.3, -0.25) is 0 Å². The van der Waals surface area contributed by atoms with Crippen LogP contribution in [-0.4, -0.2) is 17.0 Å². The van der Waals surface area contributed by atoms with Gasteiger partial charge >= 0.3 is 0 Å². The molecule has 2 aromatic rings. The van der Waals surface area contributed by atoms with Gasteiger partial charge in [-0.1, -0.05) is 41.9 Å². The Kier molecular flexibility index (Phi) is 3.04. The second-order valence-electron chi connectivity index (χ2n) is 3.25. The average molecular weight is 222 g/mol. The maximum Gasteiger partial charge on any atom is 0.152 e. The first-order valence-electron chi connectivity index (χ1n) is 4.75. The predicted molar refractivity (Wildman–Crippen MR) is 61.8 cm³/mol. The Balaban J connectivity index is 2.34. The van der Waals surface area contributed by atoms with E-state index in [-0.39, 0.29) is 0 Å². The van der Waals surface area contributed by atoms with Crippen molar-refractivity contribution in [3.8, 4) is 11.4 Å². The first-order chi connectivity index (χ1) is 7.31. The van der Waals surface area contributed by atoms with Crippen molar-refractivity contribution < 1.29 is 0 Å². The highest BCUT2D eigenvalue weighted by Crippen LogP contribution is 2.20. The van der Waals surface area contributed by atoms with Gasteiger partial charge in [0.2, 0.25) is 0 Å². The zero-order chi connectivity index (χ0) is 10.7. The molecule has 0 spiro atoms. The van der Waals surface area contributed by atoms with Crippen LogP contribution < -0.4 is 5.32 Å². The Labute approximate surface area is 93.5 Å². The van der Waals surface area contributed by atoms with Crippen molar-refractivity contribution in [3.05, 3.63) is 41.2 Å². The van der Waals surface area contributed by atoms with Gasteiger partial charge in [0.15, 0.2) is 5.15 Å². The Morgan fingerprint density at radius 1 is 1.33 bits per heavy atom. The van der Waals surface area contributed by atoms with Crippen molar-refractivity contribution >= 4 is 11.6 Å². The predicted octanol–water partition coefficient (Wildman–Crippen LogP) is 2.45. The zero-order valence-corrected chi connectivity index (χ0v) is 9.17. The Morgan fingerprint density at radius 3 is 2.73 bits per heavy atom. The van der Waals surface area contributed by atoms with Gasteiger partial charge in [0.1, 0.15) is 5.82 Å². The molecule has 1 aromatic carbocycles. The maximum absolute atomic E-state index is 5.99. The fourth-order valence-electron chi connectivity index (χ4n) is 1.41. The lowest BCUT2D eigenvalue weighted by Gasteiger charge is -1.95. The van der Waals surface area contributed by atoms with Crippen LogP contribution in [0.25, 0.3) is 11.4 Å². The molecule has 0 fully saturated rings. The molecule has 15 heavy (non-hydrogen) atoms. The summed E-state index contributed by atoms with van der Waals surface area (Å²) in [7, 11) is 1.87. The number of nitrogens with one attached hydrogen (secondary N) is 2. The summed E-state index contributed by atoms with van der Waals surface area (Å²) in [6.07, 6.45) is 0. The molecule has 3 nitrogen and oxygen atoms in total. The third-order valence-electron chi connectivity index (χ3n) is 2.13. The smallest absolute Gasteiger partial charge is 0.152 e. The van der Waals surface area contributed by atoms with Crippen LogP contribution in [0.4, 0.5) is 0 Å². The molecule has 78 valence electrons. The molecule has 4 heteroatoms. The number of benzene rings is 1. The number of H-pyrrole nitrogens is 1. The van der Waals surface area contributed by atoms with Crippen molar-refractivity contribution in [2.75, 3.05) is 7.05 Å². The molecule has 2 rings (SSSR count). The van der Waals surface area contributed by atoms with Gasteiger partial charge in [0.05, 0.1) is 5.69 Å². The Morgan fingerprint density at radius 2 is 2.07 bits per heavy atom. The van der Waals surface area contributed by atoms with Crippen LogP contribution in [0, 0.1) is 0 Å². The van der Waals surface area contributed by atoms with Crippen LogP contribution in [0.5, 0.6) is 0 Å². The maximum atomic E-state index is 5.99. The van der Waals surface area contributed by atoms with E-state index in [0.29, 0.717) is 11.7 Å². The third kappa shape index (κ3) is 2.19. The average Bonchev–Trinajstić information content (AvgIpc) is 2.63. The summed E-state index contributed by atoms with van der Waals surface area (Å²) >= 11 is 5.99. The summed E-state index contributed by atoms with van der Waals surface area (Å²) in [6.45, 7) is 0.693. The normalized spacial score (nSPS) is 10.5. The van der Waals surface area contributed by atoms with Gasteiger partial charge in [-0.05, 0) is 7.05 Å². The largest absolute Gasteiger partial charge is 0.339 e. The van der Waals surface area contributed by atoms with E-state index in [4.69, 9.17) is 11.6 Å². The standard InChI is InChI=1S/C11H12ClN3/c1-13-7-9-10(12)15-11(14-9)8-5-3-2-4-6-8/h2-6,13H,7H2,1H3,(H,14,15). The molecule has 2 N–H and O–H groups in total. The van der Waals surface area contributed by atoms with Gasteiger partial charge in [-0.15, -0.1) is 0 Å². The summed E-state index contributed by atoms with van der Waals surface area (Å²) < 4.78 is 0. The second-order valence-corrected chi connectivity index (χ2v) is 3.61. The Bertz CT molecular complexity index is 436. The molecule has 0 aliphatic carbocycles. The lowest BCUT2D eigenvalue weighted by atomic mass is 10.2. The van der Waals surface area contributed by atoms with E-state index in [1.165, 1.54) is 0 Å². The van der Waals surface area contributed by atoms with Crippen molar-refractivity contribution in [3.63, 3.8) is 0 Å². The Hall–Kier alpha value is -1.32. The molecule has 0 saturated carbocycles. The van der Waals surface area contributed by atoms with Gasteiger partial charge in [-0.25, -0.2) is 4.98 Å². The molecule has 0 aliphatic rings. The molecule has 0 unspecified atom stereocenters. The van der Waals surface area contributed by atoms with Crippen molar-refractivity contribution in [1.82, 2.24) is 15.3 Å². The monoisotopic (exact) mass is 221 g/mol. The third-order valence-corrected chi connectivity index (χ3v) is 2.44. The number of aromatic amines is 1. The molecular weight excluding hydrogens is 210 g/mol. The van der Waals surface area contributed by atoms with Crippen LogP contribution in [0.15, 0.2) is 30.3 Å². The number of hydrogen-bond donors (Lipinski definition) is 2. The molecule has 0 saturated heterocycles. The number of rotatable bonds is 3. The molecule has 0 radical (unpaired) electrons. The van der Waals surface area contributed by atoms with Crippen molar-refractivity contribution in [2.45, 2.75) is 6.54 Å². The minimum Gasteiger partial charge on any atom is -0.339 e. The van der Waals surface area contributed by atoms with Crippen LogP contribution >= 0.6 is 11.6 Å². The summed E-state index contributed by atoms with van der Waals surface area (Å²) in [5, 5.41) is 3.56. The highest BCUT2D eigenvalue weighted by molar-refractivity contribution is 6.30. The van der Waals surface area contributed by atoms with E-state index in [1.807, 2.05) is 37.4 Å². The molecule has 0 amide bonds. The van der Waals surface area contributed by atoms with E-state index in [9.17, 15) is 0 Å². The van der Waals surface area contributed by atoms with E-state index >= 15 is 0 Å². The molecule has 0 atom stereocenters. The quantitative estimate of drug-likeness (QED) is 0.836. The van der Waals surface area contributed by atoms with Gasteiger partial charge in [-0.2, -0.15) is 0 Å². The molecule has 0 bridgehead atoms.